The molecule has 0 aliphatic rings. The minimum Gasteiger partial charge on any atom is -0.444 e. The summed E-state index contributed by atoms with van der Waals surface area (Å²) in [6.07, 6.45) is 2.28. The van der Waals surface area contributed by atoms with Crippen LogP contribution in [0.3, 0.4) is 0 Å². The van der Waals surface area contributed by atoms with Gasteiger partial charge in [0, 0.05) is 12.1 Å². The smallest absolute Gasteiger partial charge is 0.408 e. The van der Waals surface area contributed by atoms with Gasteiger partial charge in [0.05, 0.1) is 0 Å². The molecular weight excluding hydrogens is 430 g/mol. The van der Waals surface area contributed by atoms with Crippen molar-refractivity contribution in [3.8, 4) is 0 Å². The molecule has 1 aromatic rings. The Morgan fingerprint density at radius 3 is 2.00 bits per heavy atom. The minimum atomic E-state index is -0.879. The van der Waals surface area contributed by atoms with Crippen molar-refractivity contribution < 1.29 is 19.1 Å². The van der Waals surface area contributed by atoms with Crippen LogP contribution < -0.4 is 10.6 Å². The Morgan fingerprint density at radius 2 is 1.53 bits per heavy atom. The van der Waals surface area contributed by atoms with Gasteiger partial charge < -0.3 is 20.3 Å². The lowest BCUT2D eigenvalue weighted by molar-refractivity contribution is -0.148. The predicted molar refractivity (Wildman–Crippen MR) is 137 cm³/mol. The largest absolute Gasteiger partial charge is 0.444 e. The van der Waals surface area contributed by atoms with Crippen molar-refractivity contribution in [2.45, 2.75) is 112 Å². The number of hydrogen-bond donors (Lipinski definition) is 2. The number of amides is 3. The second-order valence-corrected chi connectivity index (χ2v) is 11.1. The number of carbonyl (C=O) groups excluding carboxylic acids is 3. The van der Waals surface area contributed by atoms with Crippen molar-refractivity contribution in [1.29, 1.82) is 0 Å². The van der Waals surface area contributed by atoms with Crippen molar-refractivity contribution in [2.24, 2.45) is 0 Å². The van der Waals surface area contributed by atoms with Crippen LogP contribution in [0.5, 0.6) is 0 Å². The van der Waals surface area contributed by atoms with Crippen LogP contribution >= 0.6 is 0 Å². The molecule has 0 radical (unpaired) electrons. The first-order valence-electron chi connectivity index (χ1n) is 12.3. The van der Waals surface area contributed by atoms with Gasteiger partial charge in [-0.05, 0) is 74.3 Å². The van der Waals surface area contributed by atoms with Crippen LogP contribution in [-0.4, -0.2) is 46.5 Å². The van der Waals surface area contributed by atoms with Crippen molar-refractivity contribution in [1.82, 2.24) is 15.5 Å². The Balaban J connectivity index is 3.38. The molecule has 0 aromatic heterocycles. The number of rotatable bonds is 9. The molecule has 0 spiro atoms. The number of nitrogens with one attached hydrogen (secondary N) is 2. The molecule has 2 atom stereocenters. The number of aryl methyl sites for hydroxylation is 2. The van der Waals surface area contributed by atoms with Crippen molar-refractivity contribution in [3.05, 3.63) is 34.9 Å². The SMILES string of the molecule is CCCCCNC(=O)C(c1cc(C)cc(C)c1)N(C(=O)C(C)NC(=O)OC(C)(C)C)C(C)(C)C. The summed E-state index contributed by atoms with van der Waals surface area (Å²) >= 11 is 0. The van der Waals surface area contributed by atoms with Crippen LogP contribution in [0.25, 0.3) is 0 Å². The molecule has 0 saturated carbocycles. The standard InChI is InChI=1S/C27H45N3O4/c1-11-12-13-14-28-23(31)22(21-16-18(2)15-19(3)17-21)30(26(5,6)7)24(32)20(4)29-25(33)34-27(8,9)10/h15-17,20,22H,11-14H2,1-10H3,(H,28,31)(H,29,33). The third kappa shape index (κ3) is 9.35. The molecule has 1 aromatic carbocycles. The maximum atomic E-state index is 13.7. The number of nitrogens with zero attached hydrogens (tertiary/aromatic N) is 1. The van der Waals surface area contributed by atoms with E-state index in [9.17, 15) is 14.4 Å². The highest BCUT2D eigenvalue weighted by Crippen LogP contribution is 2.31. The first kappa shape index (κ1) is 29.5. The molecule has 1 rings (SSSR count). The van der Waals surface area contributed by atoms with Crippen LogP contribution in [-0.2, 0) is 14.3 Å². The van der Waals surface area contributed by atoms with E-state index in [1.165, 1.54) is 0 Å². The van der Waals surface area contributed by atoms with Gasteiger partial charge in [0.2, 0.25) is 11.8 Å². The number of ether oxygens (including phenoxy) is 1. The molecular formula is C27H45N3O4. The third-order valence-corrected chi connectivity index (χ3v) is 5.21. The van der Waals surface area contributed by atoms with E-state index in [1.807, 2.05) is 52.8 Å². The fourth-order valence-corrected chi connectivity index (χ4v) is 3.87. The summed E-state index contributed by atoms with van der Waals surface area (Å²) in [6.45, 7) is 19.2. The summed E-state index contributed by atoms with van der Waals surface area (Å²) in [5.74, 6) is -0.583. The molecule has 2 unspecified atom stereocenters. The zero-order chi connectivity index (χ0) is 26.3. The zero-order valence-corrected chi connectivity index (χ0v) is 22.8. The quantitative estimate of drug-likeness (QED) is 0.481. The molecule has 7 heteroatoms. The Kier molecular flexibility index (Phi) is 10.6. The molecule has 192 valence electrons. The summed E-state index contributed by atoms with van der Waals surface area (Å²) in [6, 6.07) is 4.21. The lowest BCUT2D eigenvalue weighted by atomic mass is 9.93. The number of unbranched alkanes of at least 4 members (excludes halogenated alkanes) is 2. The van der Waals surface area contributed by atoms with Crippen molar-refractivity contribution in [2.75, 3.05) is 6.54 Å². The molecule has 34 heavy (non-hydrogen) atoms. The molecule has 0 aliphatic heterocycles. The highest BCUT2D eigenvalue weighted by atomic mass is 16.6. The first-order chi connectivity index (χ1) is 15.6. The summed E-state index contributed by atoms with van der Waals surface area (Å²) in [5.41, 5.74) is 1.40. The second kappa shape index (κ2) is 12.2. The van der Waals surface area contributed by atoms with Gasteiger partial charge in [0.15, 0.2) is 0 Å². The van der Waals surface area contributed by atoms with E-state index in [1.54, 1.807) is 32.6 Å². The molecule has 7 nitrogen and oxygen atoms in total. The lowest BCUT2D eigenvalue weighted by Crippen LogP contribution is -2.58. The minimum absolute atomic E-state index is 0.228. The van der Waals surface area contributed by atoms with Gasteiger partial charge in [-0.15, -0.1) is 0 Å². The van der Waals surface area contributed by atoms with Crippen LogP contribution in [0, 0.1) is 13.8 Å². The summed E-state index contributed by atoms with van der Waals surface area (Å²) in [7, 11) is 0. The van der Waals surface area contributed by atoms with E-state index in [0.717, 1.165) is 36.0 Å². The van der Waals surface area contributed by atoms with Crippen LogP contribution in [0.2, 0.25) is 0 Å². The average molecular weight is 476 g/mol. The van der Waals surface area contributed by atoms with E-state index in [-0.39, 0.29) is 11.8 Å². The Labute approximate surface area is 206 Å². The molecule has 3 amide bonds. The predicted octanol–water partition coefficient (Wildman–Crippen LogP) is 5.19. The van der Waals surface area contributed by atoms with Crippen LogP contribution in [0.4, 0.5) is 4.79 Å². The first-order valence-corrected chi connectivity index (χ1v) is 12.3. The van der Waals surface area contributed by atoms with E-state index in [4.69, 9.17) is 4.74 Å². The number of alkyl carbamates (subject to hydrolysis) is 1. The number of hydrogen-bond acceptors (Lipinski definition) is 4. The molecule has 0 bridgehead atoms. The van der Waals surface area contributed by atoms with E-state index < -0.39 is 29.3 Å². The fraction of sp³-hybridized carbons (Fsp3) is 0.667. The molecule has 0 heterocycles. The van der Waals surface area contributed by atoms with Gasteiger partial charge in [-0.2, -0.15) is 0 Å². The van der Waals surface area contributed by atoms with Crippen LogP contribution in [0.1, 0.15) is 97.4 Å². The van der Waals surface area contributed by atoms with Crippen LogP contribution in [0.15, 0.2) is 18.2 Å². The normalized spacial score (nSPS) is 13.6. The number of carbonyl (C=O) groups is 3. The zero-order valence-electron chi connectivity index (χ0n) is 22.8. The molecule has 2 N–H and O–H groups in total. The highest BCUT2D eigenvalue weighted by molar-refractivity contribution is 5.92. The molecule has 0 fully saturated rings. The monoisotopic (exact) mass is 475 g/mol. The van der Waals surface area contributed by atoms with E-state index >= 15 is 0 Å². The topological polar surface area (TPSA) is 87.7 Å². The summed E-state index contributed by atoms with van der Waals surface area (Å²) in [5, 5.41) is 5.66. The fourth-order valence-electron chi connectivity index (χ4n) is 3.87. The van der Waals surface area contributed by atoms with E-state index in [0.29, 0.717) is 6.54 Å². The van der Waals surface area contributed by atoms with Gasteiger partial charge in [-0.3, -0.25) is 9.59 Å². The van der Waals surface area contributed by atoms with Gasteiger partial charge in [-0.25, -0.2) is 4.79 Å². The third-order valence-electron chi connectivity index (χ3n) is 5.21. The Hall–Kier alpha value is -2.57. The maximum absolute atomic E-state index is 13.7. The Bertz CT molecular complexity index is 832. The van der Waals surface area contributed by atoms with Gasteiger partial charge in [0.25, 0.3) is 0 Å². The van der Waals surface area contributed by atoms with Crippen molar-refractivity contribution in [3.63, 3.8) is 0 Å². The Morgan fingerprint density at radius 1 is 0.971 bits per heavy atom. The van der Waals surface area contributed by atoms with Gasteiger partial charge in [0.1, 0.15) is 17.7 Å². The number of benzene rings is 1. The molecule has 0 aliphatic carbocycles. The molecule has 0 saturated heterocycles. The van der Waals surface area contributed by atoms with Gasteiger partial charge >= 0.3 is 6.09 Å². The lowest BCUT2D eigenvalue weighted by Gasteiger charge is -2.42. The second-order valence-electron chi connectivity index (χ2n) is 11.1. The summed E-state index contributed by atoms with van der Waals surface area (Å²) in [4.78, 5) is 41.2. The average Bonchev–Trinajstić information content (AvgIpc) is 2.65. The van der Waals surface area contributed by atoms with E-state index in [2.05, 4.69) is 17.6 Å². The highest BCUT2D eigenvalue weighted by Gasteiger charge is 2.40. The van der Waals surface area contributed by atoms with Gasteiger partial charge in [-0.1, -0.05) is 49.1 Å². The van der Waals surface area contributed by atoms with Crippen molar-refractivity contribution >= 4 is 17.9 Å². The maximum Gasteiger partial charge on any atom is 0.408 e. The summed E-state index contributed by atoms with van der Waals surface area (Å²) < 4.78 is 5.32.